The topological polar surface area (TPSA) is 44.1 Å². The third-order valence-electron chi connectivity index (χ3n) is 5.01. The summed E-state index contributed by atoms with van der Waals surface area (Å²) >= 11 is 1.32. The van der Waals surface area contributed by atoms with Crippen molar-refractivity contribution < 1.29 is 13.9 Å². The number of nitrogens with zero attached hydrogens (tertiary/aromatic N) is 2. The molecule has 4 aromatic rings. The molecule has 0 radical (unpaired) electrons. The summed E-state index contributed by atoms with van der Waals surface area (Å²) in [6.07, 6.45) is 0. The monoisotopic (exact) mass is 422 g/mol. The average molecular weight is 423 g/mol. The van der Waals surface area contributed by atoms with E-state index in [1.54, 1.807) is 16.8 Å². The predicted molar refractivity (Wildman–Crippen MR) is 118 cm³/mol. The van der Waals surface area contributed by atoms with Gasteiger partial charge in [-0.1, -0.05) is 45.0 Å². The Morgan fingerprint density at radius 2 is 1.77 bits per heavy atom. The summed E-state index contributed by atoms with van der Waals surface area (Å²) in [5.41, 5.74) is 3.83. The number of thiophene rings is 1. The molecule has 0 spiro atoms. The van der Waals surface area contributed by atoms with E-state index >= 15 is 0 Å². The average Bonchev–Trinajstić information content (AvgIpc) is 3.27. The van der Waals surface area contributed by atoms with Gasteiger partial charge in [0.25, 0.3) is 0 Å². The van der Waals surface area contributed by atoms with Gasteiger partial charge in [-0.3, -0.25) is 0 Å². The van der Waals surface area contributed by atoms with Crippen molar-refractivity contribution in [2.45, 2.75) is 39.7 Å². The highest BCUT2D eigenvalue weighted by molar-refractivity contribution is 7.20. The van der Waals surface area contributed by atoms with Crippen LogP contribution in [-0.2, 0) is 16.8 Å². The quantitative estimate of drug-likeness (QED) is 0.368. The Bertz CT molecular complexity index is 1200. The van der Waals surface area contributed by atoms with Gasteiger partial charge in [-0.15, -0.1) is 11.3 Å². The summed E-state index contributed by atoms with van der Waals surface area (Å²) in [4.78, 5) is 14.0. The van der Waals surface area contributed by atoms with Crippen molar-refractivity contribution in [1.82, 2.24) is 9.78 Å². The van der Waals surface area contributed by atoms with Crippen LogP contribution in [0.5, 0.6) is 0 Å². The van der Waals surface area contributed by atoms with E-state index in [1.165, 1.54) is 29.0 Å². The molecule has 0 saturated heterocycles. The van der Waals surface area contributed by atoms with Gasteiger partial charge in [-0.2, -0.15) is 5.10 Å². The molecule has 0 bridgehead atoms. The lowest BCUT2D eigenvalue weighted by atomic mass is 9.87. The highest BCUT2D eigenvalue weighted by Gasteiger charge is 2.18. The highest BCUT2D eigenvalue weighted by Crippen LogP contribution is 2.31. The van der Waals surface area contributed by atoms with Crippen molar-refractivity contribution in [3.05, 3.63) is 82.1 Å². The number of aromatic nitrogens is 2. The summed E-state index contributed by atoms with van der Waals surface area (Å²) in [7, 11) is 0. The maximum atomic E-state index is 13.2. The van der Waals surface area contributed by atoms with Gasteiger partial charge in [0.2, 0.25) is 0 Å². The van der Waals surface area contributed by atoms with Gasteiger partial charge >= 0.3 is 5.97 Å². The van der Waals surface area contributed by atoms with Gasteiger partial charge in [0.1, 0.15) is 22.1 Å². The van der Waals surface area contributed by atoms with Crippen LogP contribution in [0.2, 0.25) is 0 Å². The molecule has 0 saturated carbocycles. The number of fused-ring (bicyclic) bond motifs is 1. The Kier molecular flexibility index (Phi) is 5.20. The smallest absolute Gasteiger partial charge is 0.348 e. The number of carbonyl (C=O) groups is 1. The lowest BCUT2D eigenvalue weighted by molar-refractivity contribution is 0.0478. The second-order valence-electron chi connectivity index (χ2n) is 8.33. The first-order valence-corrected chi connectivity index (χ1v) is 10.6. The van der Waals surface area contributed by atoms with Crippen LogP contribution in [0.15, 0.2) is 54.6 Å². The van der Waals surface area contributed by atoms with Gasteiger partial charge in [0.15, 0.2) is 0 Å². The van der Waals surface area contributed by atoms with E-state index < -0.39 is 0 Å². The van der Waals surface area contributed by atoms with Crippen molar-refractivity contribution in [3.8, 4) is 5.69 Å². The first-order valence-electron chi connectivity index (χ1n) is 9.74. The fraction of sp³-hybridized carbons (Fsp3) is 0.250. The lowest BCUT2D eigenvalue weighted by Crippen LogP contribution is -2.11. The van der Waals surface area contributed by atoms with Crippen LogP contribution in [-0.4, -0.2) is 15.7 Å². The van der Waals surface area contributed by atoms with Crippen LogP contribution in [0.3, 0.4) is 0 Å². The predicted octanol–water partition coefficient (Wildman–Crippen LogP) is 6.19. The Hall–Kier alpha value is -2.99. The number of esters is 1. The van der Waals surface area contributed by atoms with E-state index in [4.69, 9.17) is 4.74 Å². The van der Waals surface area contributed by atoms with Gasteiger partial charge in [-0.25, -0.2) is 13.9 Å². The largest absolute Gasteiger partial charge is 0.457 e. The fourth-order valence-electron chi connectivity index (χ4n) is 3.23. The molecular formula is C24H23FN2O2S. The van der Waals surface area contributed by atoms with Crippen LogP contribution >= 0.6 is 11.3 Å². The van der Waals surface area contributed by atoms with Crippen molar-refractivity contribution in [2.24, 2.45) is 0 Å². The molecule has 0 unspecified atom stereocenters. The molecule has 0 aliphatic carbocycles. The summed E-state index contributed by atoms with van der Waals surface area (Å²) in [5.74, 6) is -0.661. The van der Waals surface area contributed by atoms with Crippen molar-refractivity contribution in [3.63, 3.8) is 0 Å². The molecule has 4 nitrogen and oxygen atoms in total. The Morgan fingerprint density at radius 1 is 1.10 bits per heavy atom. The second kappa shape index (κ2) is 7.69. The van der Waals surface area contributed by atoms with E-state index in [0.29, 0.717) is 4.88 Å². The minimum atomic E-state index is -0.360. The number of carbonyl (C=O) groups excluding carboxylic acids is 1. The molecule has 0 aliphatic heterocycles. The summed E-state index contributed by atoms with van der Waals surface area (Å²) in [6.45, 7) is 8.61. The number of aryl methyl sites for hydroxylation is 1. The zero-order valence-electron chi connectivity index (χ0n) is 17.4. The third-order valence-corrected chi connectivity index (χ3v) is 6.10. The lowest BCUT2D eigenvalue weighted by Gasteiger charge is -2.19. The molecule has 0 atom stereocenters. The third kappa shape index (κ3) is 4.00. The van der Waals surface area contributed by atoms with E-state index in [-0.39, 0.29) is 23.8 Å². The molecule has 2 heterocycles. The standard InChI is InChI=1S/C24H23FN2O2S/c1-15-20-13-21(30-22(20)27(26-15)19-11-9-18(25)10-12-19)23(28)29-14-16-5-7-17(8-6-16)24(2,3)4/h5-13H,14H2,1-4H3. The van der Waals surface area contributed by atoms with Gasteiger partial charge in [0, 0.05) is 5.39 Å². The fourth-order valence-corrected chi connectivity index (χ4v) is 4.30. The summed E-state index contributed by atoms with van der Waals surface area (Å²) < 4.78 is 20.5. The molecule has 154 valence electrons. The molecule has 2 aromatic carbocycles. The molecule has 0 N–H and O–H groups in total. The molecule has 4 rings (SSSR count). The van der Waals surface area contributed by atoms with Gasteiger partial charge < -0.3 is 4.74 Å². The zero-order valence-corrected chi connectivity index (χ0v) is 18.2. The molecule has 0 fully saturated rings. The van der Waals surface area contributed by atoms with Crippen LogP contribution in [0.4, 0.5) is 4.39 Å². The molecule has 30 heavy (non-hydrogen) atoms. The van der Waals surface area contributed by atoms with E-state index in [9.17, 15) is 9.18 Å². The van der Waals surface area contributed by atoms with Crippen molar-refractivity contribution in [1.29, 1.82) is 0 Å². The summed E-state index contributed by atoms with van der Waals surface area (Å²) in [5, 5.41) is 5.42. The zero-order chi connectivity index (χ0) is 21.5. The molecule has 0 amide bonds. The Balaban J connectivity index is 1.52. The molecule has 0 aliphatic rings. The summed E-state index contributed by atoms with van der Waals surface area (Å²) in [6, 6.07) is 16.1. The van der Waals surface area contributed by atoms with Crippen LogP contribution < -0.4 is 0 Å². The first-order chi connectivity index (χ1) is 14.2. The number of halogens is 1. The van der Waals surface area contributed by atoms with Crippen LogP contribution in [0.1, 0.15) is 47.3 Å². The SMILES string of the molecule is Cc1nn(-c2ccc(F)cc2)c2sc(C(=O)OCc3ccc(C(C)(C)C)cc3)cc12. The Morgan fingerprint density at radius 3 is 2.40 bits per heavy atom. The maximum Gasteiger partial charge on any atom is 0.348 e. The normalized spacial score (nSPS) is 11.8. The number of benzene rings is 2. The van der Waals surface area contributed by atoms with Crippen molar-refractivity contribution >= 4 is 27.5 Å². The highest BCUT2D eigenvalue weighted by atomic mass is 32.1. The van der Waals surface area contributed by atoms with Crippen LogP contribution in [0, 0.1) is 12.7 Å². The minimum absolute atomic E-state index is 0.0859. The second-order valence-corrected chi connectivity index (χ2v) is 9.36. The molecule has 6 heteroatoms. The number of hydrogen-bond donors (Lipinski definition) is 0. The van der Waals surface area contributed by atoms with Crippen molar-refractivity contribution in [2.75, 3.05) is 0 Å². The molecular weight excluding hydrogens is 399 g/mol. The van der Waals surface area contributed by atoms with E-state index in [1.807, 2.05) is 25.1 Å². The number of ether oxygens (including phenoxy) is 1. The van der Waals surface area contributed by atoms with E-state index in [2.05, 4.69) is 38.0 Å². The maximum absolute atomic E-state index is 13.2. The Labute approximate surface area is 178 Å². The van der Waals surface area contributed by atoms with Gasteiger partial charge in [0.05, 0.1) is 11.4 Å². The number of hydrogen-bond acceptors (Lipinski definition) is 4. The van der Waals surface area contributed by atoms with E-state index in [0.717, 1.165) is 27.2 Å². The molecule has 2 aromatic heterocycles. The van der Waals surface area contributed by atoms with Gasteiger partial charge in [-0.05, 0) is 53.8 Å². The number of rotatable bonds is 4. The minimum Gasteiger partial charge on any atom is -0.457 e. The first kappa shape index (κ1) is 20.3. The van der Waals surface area contributed by atoms with Crippen LogP contribution in [0.25, 0.3) is 15.9 Å².